The summed E-state index contributed by atoms with van der Waals surface area (Å²) in [5.74, 6) is -1.96. The van der Waals surface area contributed by atoms with Gasteiger partial charge in [-0.15, -0.1) is 0 Å². The van der Waals surface area contributed by atoms with E-state index in [1.165, 1.54) is 62.8 Å². The number of hydrogen-bond donors (Lipinski definition) is 8. The third kappa shape index (κ3) is 9.24. The molecule has 0 spiro atoms. The summed E-state index contributed by atoms with van der Waals surface area (Å²) in [5, 5.41) is 82.0. The van der Waals surface area contributed by atoms with E-state index in [0.29, 0.717) is 11.1 Å². The molecule has 0 aromatic heterocycles. The Balaban J connectivity index is 1.38. The Labute approximate surface area is 279 Å². The Morgan fingerprint density at radius 1 is 0.714 bits per heavy atom. The van der Waals surface area contributed by atoms with Crippen LogP contribution in [0.4, 0.5) is 0 Å². The molecule has 17 nitrogen and oxygen atoms in total. The van der Waals surface area contributed by atoms with E-state index in [0.717, 1.165) is 12.2 Å². The van der Waals surface area contributed by atoms with E-state index >= 15 is 0 Å². The number of phenolic OH excluding ortho intramolecular Hbond substituents is 2. The second-order valence-electron chi connectivity index (χ2n) is 10.9. The molecule has 2 aromatic carbocycles. The van der Waals surface area contributed by atoms with Gasteiger partial charge in [0, 0.05) is 12.2 Å². The zero-order valence-electron chi connectivity index (χ0n) is 26.2. The molecule has 268 valence electrons. The van der Waals surface area contributed by atoms with E-state index < -0.39 is 86.6 Å². The SMILES string of the molecule is COc1cc(/C=C/C(=O)O[C@@H]2[C@@H](O)[C@H](O)[C@@H](CO[C@@H]3O[C@H](CO)[C@@H](O)[C@H](O)[C@H]3OC(=O)/C=C/c3ccc(O)c(OC)c3)O[C@H]2O)ccc1O. The van der Waals surface area contributed by atoms with Crippen molar-refractivity contribution in [3.63, 3.8) is 0 Å². The molecule has 2 aromatic rings. The van der Waals surface area contributed by atoms with E-state index in [9.17, 15) is 50.4 Å². The summed E-state index contributed by atoms with van der Waals surface area (Å²) in [6.45, 7) is -1.41. The third-order valence-electron chi connectivity index (χ3n) is 7.65. The lowest BCUT2D eigenvalue weighted by Crippen LogP contribution is -2.62. The van der Waals surface area contributed by atoms with Gasteiger partial charge in [-0.1, -0.05) is 12.1 Å². The third-order valence-corrected chi connectivity index (χ3v) is 7.65. The van der Waals surface area contributed by atoms with Crippen molar-refractivity contribution >= 4 is 24.1 Å². The molecule has 0 unspecified atom stereocenters. The number of aliphatic hydroxyl groups excluding tert-OH is 6. The molecule has 2 saturated heterocycles. The van der Waals surface area contributed by atoms with Gasteiger partial charge in [-0.2, -0.15) is 0 Å². The topological polar surface area (TPSA) is 261 Å². The van der Waals surface area contributed by atoms with Crippen molar-refractivity contribution in [2.75, 3.05) is 27.4 Å². The Morgan fingerprint density at radius 2 is 1.20 bits per heavy atom. The quantitative estimate of drug-likeness (QED) is 0.0934. The number of rotatable bonds is 12. The smallest absolute Gasteiger partial charge is 0.331 e. The monoisotopic (exact) mass is 694 g/mol. The fourth-order valence-corrected chi connectivity index (χ4v) is 4.96. The second-order valence-corrected chi connectivity index (χ2v) is 10.9. The van der Waals surface area contributed by atoms with Crippen LogP contribution in [-0.2, 0) is 33.3 Å². The van der Waals surface area contributed by atoms with Crippen LogP contribution in [0.2, 0.25) is 0 Å². The molecule has 10 atom stereocenters. The van der Waals surface area contributed by atoms with Crippen molar-refractivity contribution in [1.29, 1.82) is 0 Å². The van der Waals surface area contributed by atoms with Crippen molar-refractivity contribution < 1.29 is 83.6 Å². The lowest BCUT2D eigenvalue weighted by atomic mass is 9.98. The predicted molar refractivity (Wildman–Crippen MR) is 164 cm³/mol. The molecule has 17 heteroatoms. The summed E-state index contributed by atoms with van der Waals surface area (Å²) in [5.41, 5.74) is 0.896. The van der Waals surface area contributed by atoms with Gasteiger partial charge in [0.2, 0.25) is 0 Å². The summed E-state index contributed by atoms with van der Waals surface area (Å²) >= 11 is 0. The van der Waals surface area contributed by atoms with Crippen molar-refractivity contribution in [2.45, 2.75) is 61.4 Å². The van der Waals surface area contributed by atoms with Crippen molar-refractivity contribution in [3.05, 3.63) is 59.7 Å². The van der Waals surface area contributed by atoms with Gasteiger partial charge in [-0.3, -0.25) is 0 Å². The van der Waals surface area contributed by atoms with Crippen LogP contribution in [-0.4, -0.2) is 142 Å². The van der Waals surface area contributed by atoms with Gasteiger partial charge in [0.05, 0.1) is 27.4 Å². The summed E-state index contributed by atoms with van der Waals surface area (Å²) in [7, 11) is 2.69. The molecular weight excluding hydrogens is 656 g/mol. The van der Waals surface area contributed by atoms with E-state index in [2.05, 4.69) is 0 Å². The zero-order chi connectivity index (χ0) is 35.8. The minimum absolute atomic E-state index is 0.116. The highest BCUT2D eigenvalue weighted by Crippen LogP contribution is 2.30. The number of benzene rings is 2. The number of aliphatic hydroxyl groups is 6. The number of carbonyl (C=O) groups is 2. The Bertz CT molecular complexity index is 1490. The maximum absolute atomic E-state index is 12.7. The highest BCUT2D eigenvalue weighted by atomic mass is 16.7. The van der Waals surface area contributed by atoms with Crippen LogP contribution >= 0.6 is 0 Å². The predicted octanol–water partition coefficient (Wildman–Crippen LogP) is -1.44. The maximum atomic E-state index is 12.7. The lowest BCUT2D eigenvalue weighted by molar-refractivity contribution is -0.327. The Morgan fingerprint density at radius 3 is 1.71 bits per heavy atom. The first-order valence-electron chi connectivity index (χ1n) is 14.8. The largest absolute Gasteiger partial charge is 0.504 e. The van der Waals surface area contributed by atoms with Crippen LogP contribution < -0.4 is 9.47 Å². The Kier molecular flexibility index (Phi) is 12.9. The number of esters is 2. The van der Waals surface area contributed by atoms with Crippen LogP contribution in [0.1, 0.15) is 11.1 Å². The van der Waals surface area contributed by atoms with Gasteiger partial charge in [0.25, 0.3) is 0 Å². The molecule has 2 fully saturated rings. The van der Waals surface area contributed by atoms with E-state index in [1.807, 2.05) is 0 Å². The van der Waals surface area contributed by atoms with Crippen molar-refractivity contribution in [1.82, 2.24) is 0 Å². The number of aromatic hydroxyl groups is 2. The molecule has 0 amide bonds. The number of carbonyl (C=O) groups excluding carboxylic acids is 2. The maximum Gasteiger partial charge on any atom is 0.331 e. The van der Waals surface area contributed by atoms with Crippen LogP contribution in [0.25, 0.3) is 12.2 Å². The van der Waals surface area contributed by atoms with E-state index in [-0.39, 0.29) is 23.0 Å². The molecule has 0 bridgehead atoms. The van der Waals surface area contributed by atoms with E-state index in [1.54, 1.807) is 0 Å². The van der Waals surface area contributed by atoms with Crippen LogP contribution in [0.5, 0.6) is 23.0 Å². The molecule has 2 heterocycles. The van der Waals surface area contributed by atoms with Gasteiger partial charge in [-0.05, 0) is 47.5 Å². The summed E-state index contributed by atoms with van der Waals surface area (Å²) in [6.07, 6.45) is -12.4. The van der Waals surface area contributed by atoms with Crippen LogP contribution in [0, 0.1) is 0 Å². The summed E-state index contributed by atoms with van der Waals surface area (Å²) in [4.78, 5) is 25.1. The zero-order valence-corrected chi connectivity index (χ0v) is 26.2. The van der Waals surface area contributed by atoms with Gasteiger partial charge >= 0.3 is 11.9 Å². The second kappa shape index (κ2) is 16.9. The molecule has 49 heavy (non-hydrogen) atoms. The van der Waals surface area contributed by atoms with Gasteiger partial charge < -0.3 is 74.0 Å². The van der Waals surface area contributed by atoms with Crippen LogP contribution in [0.3, 0.4) is 0 Å². The molecule has 0 radical (unpaired) electrons. The average Bonchev–Trinajstić information content (AvgIpc) is 3.09. The fourth-order valence-electron chi connectivity index (χ4n) is 4.96. The minimum atomic E-state index is -1.94. The average molecular weight is 695 g/mol. The summed E-state index contributed by atoms with van der Waals surface area (Å²) < 4.78 is 36.8. The van der Waals surface area contributed by atoms with Gasteiger partial charge in [0.1, 0.15) is 36.6 Å². The molecule has 2 aliphatic heterocycles. The Hall–Kier alpha value is -4.30. The molecule has 8 N–H and O–H groups in total. The normalized spacial score (nSPS) is 30.3. The highest BCUT2D eigenvalue weighted by molar-refractivity contribution is 5.88. The first-order valence-corrected chi connectivity index (χ1v) is 14.8. The first kappa shape index (κ1) is 37.5. The molecular formula is C32H38O17. The van der Waals surface area contributed by atoms with Crippen molar-refractivity contribution in [3.8, 4) is 23.0 Å². The van der Waals surface area contributed by atoms with Gasteiger partial charge in [-0.25, -0.2) is 9.59 Å². The molecule has 0 aliphatic carbocycles. The molecule has 0 saturated carbocycles. The molecule has 4 rings (SSSR count). The first-order chi connectivity index (χ1) is 23.4. The lowest BCUT2D eigenvalue weighted by Gasteiger charge is -2.43. The fraction of sp³-hybridized carbons (Fsp3) is 0.438. The minimum Gasteiger partial charge on any atom is -0.504 e. The number of hydrogen-bond acceptors (Lipinski definition) is 17. The van der Waals surface area contributed by atoms with Crippen molar-refractivity contribution in [2.24, 2.45) is 0 Å². The highest BCUT2D eigenvalue weighted by Gasteiger charge is 2.49. The summed E-state index contributed by atoms with van der Waals surface area (Å²) in [6, 6.07) is 8.54. The molecule has 2 aliphatic rings. The van der Waals surface area contributed by atoms with Crippen LogP contribution in [0.15, 0.2) is 48.6 Å². The number of phenols is 2. The number of ether oxygens (including phenoxy) is 7. The standard InChI is InChI=1S/C32H38O17/c1-43-19-11-15(3-7-17(19)34)5-9-23(36)48-29-27(40)26(39)22(46-31(29)42)14-45-32-30(28(41)25(38)21(13-33)47-32)49-24(37)10-6-16-4-8-18(35)20(12-16)44-2/h3-12,21-22,25-35,38-42H,13-14H2,1-2H3/b9-5+,10-6+/t21-,22-,25-,26-,27+,28+,29-,30-,31-,32-/m1/s1. The number of methoxy groups -OCH3 is 2. The van der Waals surface area contributed by atoms with Gasteiger partial charge in [0.15, 0.2) is 47.8 Å². The van der Waals surface area contributed by atoms with E-state index in [4.69, 9.17) is 33.2 Å².